The van der Waals surface area contributed by atoms with Gasteiger partial charge in [0, 0.05) is 23.5 Å². The van der Waals surface area contributed by atoms with Crippen molar-refractivity contribution in [3.05, 3.63) is 58.9 Å². The number of carbonyl (C=O) groups is 1. The fourth-order valence-corrected chi connectivity index (χ4v) is 1.69. The minimum Gasteiger partial charge on any atom is -0.367 e. The van der Waals surface area contributed by atoms with Crippen LogP contribution in [0.3, 0.4) is 0 Å². The summed E-state index contributed by atoms with van der Waals surface area (Å²) < 4.78 is 0. The standard InChI is InChI=1S/C13H13NO/c1-9-3-4-12(10(2)7-9)13(15)11-5-6-14-8-11/h3-8,14H,1-2H3. The van der Waals surface area contributed by atoms with E-state index >= 15 is 0 Å². The van der Waals surface area contributed by atoms with Crippen LogP contribution < -0.4 is 0 Å². The normalized spacial score (nSPS) is 10.3. The van der Waals surface area contributed by atoms with E-state index in [-0.39, 0.29) is 5.78 Å². The van der Waals surface area contributed by atoms with Crippen LogP contribution in [-0.2, 0) is 0 Å². The number of hydrogen-bond donors (Lipinski definition) is 1. The van der Waals surface area contributed by atoms with Crippen molar-refractivity contribution < 1.29 is 4.79 Å². The van der Waals surface area contributed by atoms with Crippen molar-refractivity contribution in [2.45, 2.75) is 13.8 Å². The van der Waals surface area contributed by atoms with E-state index in [0.29, 0.717) is 5.56 Å². The van der Waals surface area contributed by atoms with Gasteiger partial charge >= 0.3 is 0 Å². The molecule has 2 aromatic rings. The van der Waals surface area contributed by atoms with Crippen LogP contribution in [0.15, 0.2) is 36.7 Å². The van der Waals surface area contributed by atoms with Gasteiger partial charge in [0.1, 0.15) is 0 Å². The Morgan fingerprint density at radius 2 is 2.00 bits per heavy atom. The van der Waals surface area contributed by atoms with E-state index < -0.39 is 0 Å². The van der Waals surface area contributed by atoms with Gasteiger partial charge in [-0.25, -0.2) is 0 Å². The van der Waals surface area contributed by atoms with Gasteiger partial charge in [-0.15, -0.1) is 0 Å². The lowest BCUT2D eigenvalue weighted by Crippen LogP contribution is -2.02. The van der Waals surface area contributed by atoms with Crippen molar-refractivity contribution in [3.8, 4) is 0 Å². The largest absolute Gasteiger partial charge is 0.367 e. The maximum Gasteiger partial charge on any atom is 0.194 e. The maximum atomic E-state index is 12.0. The summed E-state index contributed by atoms with van der Waals surface area (Å²) in [4.78, 5) is 14.9. The molecule has 0 unspecified atom stereocenters. The van der Waals surface area contributed by atoms with Crippen molar-refractivity contribution in [2.24, 2.45) is 0 Å². The van der Waals surface area contributed by atoms with Crippen LogP contribution in [0.5, 0.6) is 0 Å². The monoisotopic (exact) mass is 199 g/mol. The topological polar surface area (TPSA) is 32.9 Å². The van der Waals surface area contributed by atoms with Gasteiger partial charge in [-0.05, 0) is 25.5 Å². The molecule has 0 spiro atoms. The Morgan fingerprint density at radius 1 is 1.20 bits per heavy atom. The molecule has 1 aromatic heterocycles. The molecular formula is C13H13NO. The molecule has 0 saturated carbocycles. The first-order chi connectivity index (χ1) is 7.18. The summed E-state index contributed by atoms with van der Waals surface area (Å²) in [6.45, 7) is 3.99. The zero-order valence-electron chi connectivity index (χ0n) is 8.87. The molecule has 15 heavy (non-hydrogen) atoms. The first-order valence-electron chi connectivity index (χ1n) is 4.93. The molecule has 2 nitrogen and oxygen atoms in total. The molecule has 0 saturated heterocycles. The Labute approximate surface area is 89.0 Å². The van der Waals surface area contributed by atoms with Gasteiger partial charge in [0.2, 0.25) is 0 Å². The number of aromatic nitrogens is 1. The van der Waals surface area contributed by atoms with Crippen LogP contribution in [0, 0.1) is 13.8 Å². The summed E-state index contributed by atoms with van der Waals surface area (Å²) in [5.41, 5.74) is 3.70. The predicted octanol–water partition coefficient (Wildman–Crippen LogP) is 2.86. The number of aryl methyl sites for hydroxylation is 2. The molecule has 0 fully saturated rings. The Kier molecular flexibility index (Phi) is 2.42. The molecule has 0 radical (unpaired) electrons. The predicted molar refractivity (Wildman–Crippen MR) is 60.1 cm³/mol. The van der Waals surface area contributed by atoms with Gasteiger partial charge in [-0.2, -0.15) is 0 Å². The van der Waals surface area contributed by atoms with Gasteiger partial charge in [-0.1, -0.05) is 23.8 Å². The molecule has 0 bridgehead atoms. The van der Waals surface area contributed by atoms with Gasteiger partial charge in [0.25, 0.3) is 0 Å². The highest BCUT2D eigenvalue weighted by Gasteiger charge is 2.11. The molecule has 2 rings (SSSR count). The SMILES string of the molecule is Cc1ccc(C(=O)c2cc[nH]c2)c(C)c1. The van der Waals surface area contributed by atoms with Crippen molar-refractivity contribution in [2.75, 3.05) is 0 Å². The van der Waals surface area contributed by atoms with Crippen molar-refractivity contribution in [3.63, 3.8) is 0 Å². The lowest BCUT2D eigenvalue weighted by molar-refractivity contribution is 0.103. The smallest absolute Gasteiger partial charge is 0.194 e. The molecule has 2 heteroatoms. The van der Waals surface area contributed by atoms with Gasteiger partial charge < -0.3 is 4.98 Å². The summed E-state index contributed by atoms with van der Waals surface area (Å²) >= 11 is 0. The Hall–Kier alpha value is -1.83. The fourth-order valence-electron chi connectivity index (χ4n) is 1.69. The second-order valence-corrected chi connectivity index (χ2v) is 3.75. The number of ketones is 1. The second-order valence-electron chi connectivity index (χ2n) is 3.75. The van der Waals surface area contributed by atoms with Crippen LogP contribution in [0.4, 0.5) is 0 Å². The molecule has 1 heterocycles. The Bertz CT molecular complexity index is 483. The summed E-state index contributed by atoms with van der Waals surface area (Å²) in [5.74, 6) is 0.0775. The molecule has 0 atom stereocenters. The highest BCUT2D eigenvalue weighted by Crippen LogP contribution is 2.15. The Morgan fingerprint density at radius 3 is 2.60 bits per heavy atom. The molecule has 0 aliphatic carbocycles. The summed E-state index contributed by atoms with van der Waals surface area (Å²) in [6, 6.07) is 7.68. The first-order valence-corrected chi connectivity index (χ1v) is 4.93. The minimum absolute atomic E-state index is 0.0775. The summed E-state index contributed by atoms with van der Waals surface area (Å²) in [6.07, 6.45) is 3.48. The zero-order valence-corrected chi connectivity index (χ0v) is 8.87. The quantitative estimate of drug-likeness (QED) is 0.741. The van der Waals surface area contributed by atoms with Crippen molar-refractivity contribution in [1.82, 2.24) is 4.98 Å². The number of hydrogen-bond acceptors (Lipinski definition) is 1. The third kappa shape index (κ3) is 1.84. The van der Waals surface area contributed by atoms with Gasteiger partial charge in [-0.3, -0.25) is 4.79 Å². The minimum atomic E-state index is 0.0775. The van der Waals surface area contributed by atoms with E-state index in [1.807, 2.05) is 32.0 Å². The second kappa shape index (κ2) is 3.73. The third-order valence-corrected chi connectivity index (χ3v) is 2.49. The van der Waals surface area contributed by atoms with Crippen LogP contribution in [0.2, 0.25) is 0 Å². The lowest BCUT2D eigenvalue weighted by Gasteiger charge is -2.04. The van der Waals surface area contributed by atoms with Crippen molar-refractivity contribution >= 4 is 5.78 Å². The lowest BCUT2D eigenvalue weighted by atomic mass is 9.99. The highest BCUT2D eigenvalue weighted by atomic mass is 16.1. The zero-order chi connectivity index (χ0) is 10.8. The maximum absolute atomic E-state index is 12.0. The van der Waals surface area contributed by atoms with E-state index in [1.54, 1.807) is 18.5 Å². The average Bonchev–Trinajstić information content (AvgIpc) is 2.69. The number of nitrogens with one attached hydrogen (secondary N) is 1. The van der Waals surface area contributed by atoms with E-state index in [0.717, 1.165) is 11.1 Å². The van der Waals surface area contributed by atoms with Gasteiger partial charge in [0.15, 0.2) is 5.78 Å². The number of benzene rings is 1. The van der Waals surface area contributed by atoms with Crippen molar-refractivity contribution in [1.29, 1.82) is 0 Å². The molecule has 76 valence electrons. The van der Waals surface area contributed by atoms with Gasteiger partial charge in [0.05, 0.1) is 0 Å². The number of aromatic amines is 1. The summed E-state index contributed by atoms with van der Waals surface area (Å²) in [7, 11) is 0. The third-order valence-electron chi connectivity index (χ3n) is 2.49. The molecule has 1 aromatic carbocycles. The number of rotatable bonds is 2. The van der Waals surface area contributed by atoms with E-state index in [2.05, 4.69) is 4.98 Å². The average molecular weight is 199 g/mol. The molecule has 0 aliphatic rings. The van der Waals surface area contributed by atoms with Crippen LogP contribution in [-0.4, -0.2) is 10.8 Å². The first kappa shape index (κ1) is 9.71. The molecule has 0 aliphatic heterocycles. The fraction of sp³-hybridized carbons (Fsp3) is 0.154. The molecule has 0 amide bonds. The van der Waals surface area contributed by atoms with E-state index in [4.69, 9.17) is 0 Å². The molecular weight excluding hydrogens is 186 g/mol. The molecule has 1 N–H and O–H groups in total. The van der Waals surface area contributed by atoms with Crippen LogP contribution in [0.25, 0.3) is 0 Å². The van der Waals surface area contributed by atoms with E-state index in [1.165, 1.54) is 5.56 Å². The van der Waals surface area contributed by atoms with Crippen LogP contribution in [0.1, 0.15) is 27.0 Å². The number of H-pyrrole nitrogens is 1. The van der Waals surface area contributed by atoms with E-state index in [9.17, 15) is 4.79 Å². The number of carbonyl (C=O) groups excluding carboxylic acids is 1. The summed E-state index contributed by atoms with van der Waals surface area (Å²) in [5, 5.41) is 0. The van der Waals surface area contributed by atoms with Crippen LogP contribution >= 0.6 is 0 Å². The highest BCUT2D eigenvalue weighted by molar-refractivity contribution is 6.09. The Balaban J connectivity index is 2.42.